The van der Waals surface area contributed by atoms with Crippen molar-refractivity contribution in [3.8, 4) is 0 Å². The standard InChI is InChI=1S/C31H29FN4O4/c1-21-9-6-7-14-26(21)30(31(39)33-18-17-23-10-4-3-5-11-23)36(25-13-8-12-24(32)20-25)29(38)16-15-28(37)34-27-19-22(2)40-35-27/h3-16,19-20,30H,17-18H2,1-2H3,(H,33,39)(H,34,35,37)/b16-15+/t30-/m0/s1. The third kappa shape index (κ3) is 7.28. The van der Waals surface area contributed by atoms with Crippen molar-refractivity contribution in [2.24, 2.45) is 0 Å². The third-order valence-electron chi connectivity index (χ3n) is 6.13. The summed E-state index contributed by atoms with van der Waals surface area (Å²) >= 11 is 0. The zero-order chi connectivity index (χ0) is 28.5. The van der Waals surface area contributed by atoms with Crippen molar-refractivity contribution >= 4 is 29.2 Å². The molecule has 0 radical (unpaired) electrons. The van der Waals surface area contributed by atoms with Crippen LogP contribution in [0.3, 0.4) is 0 Å². The molecule has 1 heterocycles. The molecule has 3 amide bonds. The number of nitrogens with one attached hydrogen (secondary N) is 2. The van der Waals surface area contributed by atoms with Crippen molar-refractivity contribution in [1.29, 1.82) is 0 Å². The van der Waals surface area contributed by atoms with E-state index in [1.54, 1.807) is 19.1 Å². The number of aromatic nitrogens is 1. The first-order valence-corrected chi connectivity index (χ1v) is 12.7. The van der Waals surface area contributed by atoms with Crippen LogP contribution in [0, 0.1) is 19.7 Å². The second-order valence-electron chi connectivity index (χ2n) is 9.12. The number of aryl methyl sites for hydroxylation is 2. The van der Waals surface area contributed by atoms with Crippen LogP contribution in [-0.4, -0.2) is 29.4 Å². The topological polar surface area (TPSA) is 105 Å². The first-order chi connectivity index (χ1) is 19.3. The van der Waals surface area contributed by atoms with Gasteiger partial charge in [-0.2, -0.15) is 0 Å². The van der Waals surface area contributed by atoms with E-state index < -0.39 is 29.6 Å². The highest BCUT2D eigenvalue weighted by atomic mass is 19.1. The minimum absolute atomic E-state index is 0.161. The van der Waals surface area contributed by atoms with Crippen LogP contribution in [0.2, 0.25) is 0 Å². The van der Waals surface area contributed by atoms with E-state index in [2.05, 4.69) is 15.8 Å². The van der Waals surface area contributed by atoms with Gasteiger partial charge in [-0.1, -0.05) is 65.8 Å². The van der Waals surface area contributed by atoms with Crippen LogP contribution in [0.15, 0.2) is 102 Å². The molecule has 0 saturated carbocycles. The smallest absolute Gasteiger partial charge is 0.252 e. The maximum absolute atomic E-state index is 14.3. The van der Waals surface area contributed by atoms with Crippen molar-refractivity contribution in [3.63, 3.8) is 0 Å². The number of carbonyl (C=O) groups is 3. The summed E-state index contributed by atoms with van der Waals surface area (Å²) < 4.78 is 19.3. The number of benzene rings is 3. The second-order valence-corrected chi connectivity index (χ2v) is 9.12. The number of hydrogen-bond donors (Lipinski definition) is 2. The summed E-state index contributed by atoms with van der Waals surface area (Å²) in [5.41, 5.74) is 2.54. The Kier molecular flexibility index (Phi) is 9.19. The van der Waals surface area contributed by atoms with E-state index >= 15 is 0 Å². The van der Waals surface area contributed by atoms with Crippen LogP contribution < -0.4 is 15.5 Å². The molecule has 0 spiro atoms. The Labute approximate surface area is 231 Å². The number of amides is 3. The number of halogens is 1. The summed E-state index contributed by atoms with van der Waals surface area (Å²) in [6.45, 7) is 3.83. The average molecular weight is 541 g/mol. The molecule has 4 aromatic rings. The van der Waals surface area contributed by atoms with Gasteiger partial charge in [-0.3, -0.25) is 19.3 Å². The second kappa shape index (κ2) is 13.1. The lowest BCUT2D eigenvalue weighted by molar-refractivity contribution is -0.125. The fraction of sp³-hybridized carbons (Fsp3) is 0.161. The largest absolute Gasteiger partial charge is 0.360 e. The van der Waals surface area contributed by atoms with E-state index in [9.17, 15) is 18.8 Å². The van der Waals surface area contributed by atoms with E-state index in [1.165, 1.54) is 35.2 Å². The van der Waals surface area contributed by atoms with Gasteiger partial charge >= 0.3 is 0 Å². The number of carbonyl (C=O) groups excluding carboxylic acids is 3. The summed E-state index contributed by atoms with van der Waals surface area (Å²) in [5.74, 6) is -1.64. The van der Waals surface area contributed by atoms with Gasteiger partial charge in [-0.25, -0.2) is 4.39 Å². The average Bonchev–Trinajstić information content (AvgIpc) is 3.35. The lowest BCUT2D eigenvalue weighted by Gasteiger charge is -2.31. The van der Waals surface area contributed by atoms with Crippen LogP contribution in [0.5, 0.6) is 0 Å². The SMILES string of the molecule is Cc1cc(NC(=O)/C=C/C(=O)N(c2cccc(F)c2)[C@H](C(=O)NCCc2ccccc2)c2ccccc2C)no1. The number of nitrogens with zero attached hydrogens (tertiary/aromatic N) is 2. The molecular weight excluding hydrogens is 511 g/mol. The molecule has 40 heavy (non-hydrogen) atoms. The summed E-state index contributed by atoms with van der Waals surface area (Å²) in [6.07, 6.45) is 2.65. The predicted octanol–water partition coefficient (Wildman–Crippen LogP) is 5.06. The quantitative estimate of drug-likeness (QED) is 0.274. The van der Waals surface area contributed by atoms with E-state index in [4.69, 9.17) is 4.52 Å². The first-order valence-electron chi connectivity index (χ1n) is 12.7. The van der Waals surface area contributed by atoms with Crippen LogP contribution in [-0.2, 0) is 20.8 Å². The fourth-order valence-corrected chi connectivity index (χ4v) is 4.21. The number of rotatable bonds is 10. The van der Waals surface area contributed by atoms with Gasteiger partial charge in [0.1, 0.15) is 17.6 Å². The van der Waals surface area contributed by atoms with Gasteiger partial charge in [0, 0.05) is 30.5 Å². The van der Waals surface area contributed by atoms with Gasteiger partial charge in [0.2, 0.25) is 11.8 Å². The maximum atomic E-state index is 14.3. The number of hydrogen-bond acceptors (Lipinski definition) is 5. The van der Waals surface area contributed by atoms with Gasteiger partial charge in [-0.05, 0) is 55.2 Å². The van der Waals surface area contributed by atoms with Gasteiger partial charge in [0.05, 0.1) is 0 Å². The first kappa shape index (κ1) is 28.0. The minimum atomic E-state index is -1.14. The Hall–Kier alpha value is -5.05. The highest BCUT2D eigenvalue weighted by Crippen LogP contribution is 2.30. The van der Waals surface area contributed by atoms with Gasteiger partial charge < -0.3 is 15.2 Å². The molecule has 0 fully saturated rings. The molecule has 0 aliphatic heterocycles. The third-order valence-corrected chi connectivity index (χ3v) is 6.13. The molecule has 1 aromatic heterocycles. The van der Waals surface area contributed by atoms with Crippen molar-refractivity contribution < 1.29 is 23.3 Å². The Morgan fingerprint density at radius 3 is 2.40 bits per heavy atom. The lowest BCUT2D eigenvalue weighted by atomic mass is 9.98. The molecule has 204 valence electrons. The zero-order valence-corrected chi connectivity index (χ0v) is 22.1. The van der Waals surface area contributed by atoms with Crippen LogP contribution in [0.4, 0.5) is 15.9 Å². The molecule has 8 nitrogen and oxygen atoms in total. The Morgan fingerprint density at radius 1 is 0.950 bits per heavy atom. The molecule has 0 aliphatic rings. The monoisotopic (exact) mass is 540 g/mol. The minimum Gasteiger partial charge on any atom is -0.360 e. The van der Waals surface area contributed by atoms with Crippen LogP contribution in [0.1, 0.15) is 28.5 Å². The molecule has 2 N–H and O–H groups in total. The Morgan fingerprint density at radius 2 is 1.70 bits per heavy atom. The highest BCUT2D eigenvalue weighted by Gasteiger charge is 2.33. The van der Waals surface area contributed by atoms with Crippen LogP contribution >= 0.6 is 0 Å². The summed E-state index contributed by atoms with van der Waals surface area (Å²) in [6, 6.07) is 22.7. The van der Waals surface area contributed by atoms with Crippen molar-refractivity contribution in [2.75, 3.05) is 16.8 Å². The Bertz CT molecular complexity index is 1520. The normalized spacial score (nSPS) is 11.7. The summed E-state index contributed by atoms with van der Waals surface area (Å²) in [5, 5.41) is 9.13. The number of anilines is 2. The molecule has 0 unspecified atom stereocenters. The molecule has 0 saturated heterocycles. The molecule has 0 bridgehead atoms. The van der Waals surface area contributed by atoms with Crippen molar-refractivity contribution in [1.82, 2.24) is 10.5 Å². The van der Waals surface area contributed by atoms with Crippen LogP contribution in [0.25, 0.3) is 0 Å². The molecule has 0 aliphatic carbocycles. The van der Waals surface area contributed by atoms with Gasteiger partial charge in [0.25, 0.3) is 5.91 Å². The van der Waals surface area contributed by atoms with E-state index in [0.717, 1.165) is 23.3 Å². The van der Waals surface area contributed by atoms with Crippen molar-refractivity contribution in [3.05, 3.63) is 125 Å². The van der Waals surface area contributed by atoms with E-state index in [0.29, 0.717) is 24.3 Å². The molecule has 9 heteroatoms. The Balaban J connectivity index is 1.65. The van der Waals surface area contributed by atoms with Crippen molar-refractivity contribution in [2.45, 2.75) is 26.3 Å². The summed E-state index contributed by atoms with van der Waals surface area (Å²) in [7, 11) is 0. The molecular formula is C31H29FN4O4. The van der Waals surface area contributed by atoms with E-state index in [-0.39, 0.29) is 11.5 Å². The predicted molar refractivity (Wildman–Crippen MR) is 150 cm³/mol. The molecule has 4 rings (SSSR count). The van der Waals surface area contributed by atoms with E-state index in [1.807, 2.05) is 49.4 Å². The lowest BCUT2D eigenvalue weighted by Crippen LogP contribution is -2.44. The highest BCUT2D eigenvalue weighted by molar-refractivity contribution is 6.10. The fourth-order valence-electron chi connectivity index (χ4n) is 4.21. The maximum Gasteiger partial charge on any atom is 0.252 e. The zero-order valence-electron chi connectivity index (χ0n) is 22.1. The summed E-state index contributed by atoms with van der Waals surface area (Å²) in [4.78, 5) is 41.1. The molecule has 1 atom stereocenters. The molecule has 3 aromatic carbocycles. The van der Waals surface area contributed by atoms with Gasteiger partial charge in [0.15, 0.2) is 5.82 Å². The van der Waals surface area contributed by atoms with Gasteiger partial charge in [-0.15, -0.1) is 0 Å².